The normalized spacial score (nSPS) is 30.7. The highest BCUT2D eigenvalue weighted by molar-refractivity contribution is 7.91. The fraction of sp³-hybridized carbons (Fsp3) is 1.00. The Morgan fingerprint density at radius 1 is 1.06 bits per heavy atom. The van der Waals surface area contributed by atoms with Crippen molar-refractivity contribution in [1.29, 1.82) is 0 Å². The summed E-state index contributed by atoms with van der Waals surface area (Å²) in [4.78, 5) is 2.51. The molecule has 18 heavy (non-hydrogen) atoms. The van der Waals surface area contributed by atoms with E-state index in [0.717, 1.165) is 32.4 Å². The van der Waals surface area contributed by atoms with Crippen molar-refractivity contribution in [3.63, 3.8) is 0 Å². The van der Waals surface area contributed by atoms with Gasteiger partial charge in [0.1, 0.15) is 0 Å². The largest absolute Gasteiger partial charge is 0.310 e. The van der Waals surface area contributed by atoms with E-state index in [1.807, 2.05) is 0 Å². The van der Waals surface area contributed by atoms with E-state index in [1.54, 1.807) is 0 Å². The summed E-state index contributed by atoms with van der Waals surface area (Å²) in [5.41, 5.74) is 0.252. The highest BCUT2D eigenvalue weighted by atomic mass is 32.2. The first-order valence-corrected chi connectivity index (χ1v) is 8.80. The van der Waals surface area contributed by atoms with E-state index >= 15 is 0 Å². The van der Waals surface area contributed by atoms with Gasteiger partial charge in [0, 0.05) is 30.7 Å². The molecule has 0 amide bonds. The molecule has 1 N–H and O–H groups in total. The van der Waals surface area contributed by atoms with Crippen molar-refractivity contribution in [2.75, 3.05) is 24.6 Å². The number of likely N-dealkylation sites (tertiary alicyclic amines) is 1. The van der Waals surface area contributed by atoms with Crippen molar-refractivity contribution in [3.8, 4) is 0 Å². The van der Waals surface area contributed by atoms with E-state index < -0.39 is 9.84 Å². The van der Waals surface area contributed by atoms with Gasteiger partial charge in [-0.15, -0.1) is 0 Å². The van der Waals surface area contributed by atoms with Crippen molar-refractivity contribution < 1.29 is 8.42 Å². The lowest BCUT2D eigenvalue weighted by Gasteiger charge is -2.41. The fourth-order valence-electron chi connectivity index (χ4n) is 2.98. The van der Waals surface area contributed by atoms with E-state index in [4.69, 9.17) is 0 Å². The molecule has 0 radical (unpaired) electrons. The Labute approximate surface area is 111 Å². The third-order valence-corrected chi connectivity index (χ3v) is 5.92. The molecule has 2 aliphatic heterocycles. The van der Waals surface area contributed by atoms with Gasteiger partial charge in [-0.1, -0.05) is 0 Å². The molecule has 5 heteroatoms. The molecule has 0 saturated carbocycles. The maximum Gasteiger partial charge on any atom is 0.151 e. The average Bonchev–Trinajstić information content (AvgIpc) is 2.57. The van der Waals surface area contributed by atoms with Gasteiger partial charge < -0.3 is 5.32 Å². The van der Waals surface area contributed by atoms with Crippen LogP contribution in [-0.4, -0.2) is 55.5 Å². The number of sulfone groups is 1. The molecule has 2 heterocycles. The predicted molar refractivity (Wildman–Crippen MR) is 74.5 cm³/mol. The summed E-state index contributed by atoms with van der Waals surface area (Å²) in [5, 5.41) is 3.54. The minimum Gasteiger partial charge on any atom is -0.310 e. The number of hydrogen-bond donors (Lipinski definition) is 1. The zero-order chi connectivity index (χ0) is 13.4. The minimum absolute atomic E-state index is 0.196. The molecule has 2 saturated heterocycles. The maximum atomic E-state index is 11.4. The van der Waals surface area contributed by atoms with Crippen LogP contribution in [0.25, 0.3) is 0 Å². The van der Waals surface area contributed by atoms with E-state index in [1.165, 1.54) is 0 Å². The number of nitrogens with one attached hydrogen (secondary N) is 1. The summed E-state index contributed by atoms with van der Waals surface area (Å²) >= 11 is 0. The van der Waals surface area contributed by atoms with Crippen LogP contribution in [0.15, 0.2) is 0 Å². The number of piperidine rings is 1. The topological polar surface area (TPSA) is 49.4 Å². The predicted octanol–water partition coefficient (Wildman–Crippen LogP) is 1.03. The number of hydrogen-bond acceptors (Lipinski definition) is 4. The highest BCUT2D eigenvalue weighted by Gasteiger charge is 2.32. The number of rotatable bonds is 2. The van der Waals surface area contributed by atoms with Gasteiger partial charge in [0.2, 0.25) is 0 Å². The van der Waals surface area contributed by atoms with E-state index in [0.29, 0.717) is 17.5 Å². The third-order valence-electron chi connectivity index (χ3n) is 4.15. The second kappa shape index (κ2) is 5.10. The molecule has 0 aliphatic carbocycles. The van der Waals surface area contributed by atoms with Gasteiger partial charge in [-0.05, 0) is 40.0 Å². The first-order valence-electron chi connectivity index (χ1n) is 6.98. The summed E-state index contributed by atoms with van der Waals surface area (Å²) in [6, 6.07) is 0.697. The Balaban J connectivity index is 1.78. The first-order chi connectivity index (χ1) is 8.26. The summed E-state index contributed by atoms with van der Waals surface area (Å²) in [6.45, 7) is 8.99. The lowest BCUT2D eigenvalue weighted by Crippen LogP contribution is -2.51. The first kappa shape index (κ1) is 14.3. The quantitative estimate of drug-likeness (QED) is 0.817. The van der Waals surface area contributed by atoms with Crippen molar-refractivity contribution >= 4 is 9.84 Å². The standard InChI is InChI=1S/C13H26N2O2S/c1-13(2,3)15-7-4-11(5-8-15)14-12-6-9-18(16,17)10-12/h11-12,14H,4-10H2,1-3H3. The zero-order valence-corrected chi connectivity index (χ0v) is 12.6. The van der Waals surface area contributed by atoms with Crippen LogP contribution >= 0.6 is 0 Å². The molecule has 0 spiro atoms. The van der Waals surface area contributed by atoms with Crippen LogP contribution in [0.3, 0.4) is 0 Å². The summed E-state index contributed by atoms with van der Waals surface area (Å²) in [7, 11) is -2.75. The Morgan fingerprint density at radius 2 is 1.67 bits per heavy atom. The summed E-state index contributed by atoms with van der Waals surface area (Å²) < 4.78 is 22.8. The lowest BCUT2D eigenvalue weighted by atomic mass is 9.97. The monoisotopic (exact) mass is 274 g/mol. The minimum atomic E-state index is -2.75. The van der Waals surface area contributed by atoms with Crippen LogP contribution in [-0.2, 0) is 9.84 Å². The zero-order valence-electron chi connectivity index (χ0n) is 11.8. The molecular formula is C13H26N2O2S. The van der Waals surface area contributed by atoms with Gasteiger partial charge in [0.15, 0.2) is 9.84 Å². The molecule has 4 nitrogen and oxygen atoms in total. The van der Waals surface area contributed by atoms with E-state index in [-0.39, 0.29) is 11.6 Å². The fourth-order valence-corrected chi connectivity index (χ4v) is 4.66. The molecular weight excluding hydrogens is 248 g/mol. The molecule has 0 aromatic heterocycles. The van der Waals surface area contributed by atoms with Crippen molar-refractivity contribution in [3.05, 3.63) is 0 Å². The second-order valence-corrected chi connectivity index (χ2v) is 8.93. The SMILES string of the molecule is CC(C)(C)N1CCC(NC2CCS(=O)(=O)C2)CC1. The summed E-state index contributed by atoms with van der Waals surface area (Å²) in [5.74, 6) is 0.706. The number of nitrogens with zero attached hydrogens (tertiary/aromatic N) is 1. The molecule has 1 unspecified atom stereocenters. The maximum absolute atomic E-state index is 11.4. The van der Waals surface area contributed by atoms with Crippen LogP contribution in [0.4, 0.5) is 0 Å². The Morgan fingerprint density at radius 3 is 2.11 bits per heavy atom. The van der Waals surface area contributed by atoms with Gasteiger partial charge in [-0.3, -0.25) is 4.90 Å². The van der Waals surface area contributed by atoms with Crippen molar-refractivity contribution in [2.45, 2.75) is 57.7 Å². The second-order valence-electron chi connectivity index (χ2n) is 6.70. The summed E-state index contributed by atoms with van der Waals surface area (Å²) in [6.07, 6.45) is 3.06. The molecule has 2 rings (SSSR count). The van der Waals surface area contributed by atoms with Crippen molar-refractivity contribution in [1.82, 2.24) is 10.2 Å². The Kier molecular flexibility index (Phi) is 4.04. The molecule has 2 fully saturated rings. The van der Waals surface area contributed by atoms with Crippen LogP contribution < -0.4 is 5.32 Å². The lowest BCUT2D eigenvalue weighted by molar-refractivity contribution is 0.0944. The van der Waals surface area contributed by atoms with Gasteiger partial charge in [0.25, 0.3) is 0 Å². The Hall–Kier alpha value is -0.130. The molecule has 1 atom stereocenters. The van der Waals surface area contributed by atoms with Crippen molar-refractivity contribution in [2.24, 2.45) is 0 Å². The Bertz CT molecular complexity index is 378. The van der Waals surface area contributed by atoms with Crippen LogP contribution in [0.1, 0.15) is 40.0 Å². The van der Waals surface area contributed by atoms with E-state index in [9.17, 15) is 8.42 Å². The van der Waals surface area contributed by atoms with Gasteiger partial charge in [-0.2, -0.15) is 0 Å². The molecule has 0 aromatic rings. The molecule has 0 bridgehead atoms. The third kappa shape index (κ3) is 3.68. The molecule has 0 aromatic carbocycles. The van der Waals surface area contributed by atoms with Gasteiger partial charge >= 0.3 is 0 Å². The molecule has 2 aliphatic rings. The highest BCUT2D eigenvalue weighted by Crippen LogP contribution is 2.21. The molecule has 106 valence electrons. The van der Waals surface area contributed by atoms with Gasteiger partial charge in [-0.25, -0.2) is 8.42 Å². The van der Waals surface area contributed by atoms with E-state index in [2.05, 4.69) is 31.0 Å². The smallest absolute Gasteiger partial charge is 0.151 e. The average molecular weight is 274 g/mol. The van der Waals surface area contributed by atoms with Crippen LogP contribution in [0.5, 0.6) is 0 Å². The van der Waals surface area contributed by atoms with Crippen LogP contribution in [0.2, 0.25) is 0 Å². The van der Waals surface area contributed by atoms with Crippen LogP contribution in [0, 0.1) is 0 Å². The van der Waals surface area contributed by atoms with Gasteiger partial charge in [0.05, 0.1) is 11.5 Å².